The van der Waals surface area contributed by atoms with Crippen LogP contribution in [-0.2, 0) is 9.53 Å². The normalized spacial score (nSPS) is 26.5. The smallest absolute Gasteiger partial charge is 0.254 e. The lowest BCUT2D eigenvalue weighted by molar-refractivity contribution is -0.132. The average Bonchev–Trinajstić information content (AvgIpc) is 3.11. The van der Waals surface area contributed by atoms with Crippen molar-refractivity contribution in [3.05, 3.63) is 30.4 Å². The molecule has 0 spiro atoms. The number of rotatable bonds is 6. The molecule has 8 heteroatoms. The predicted octanol–water partition coefficient (Wildman–Crippen LogP) is 1.37. The van der Waals surface area contributed by atoms with E-state index in [1.54, 1.807) is 29.2 Å². The predicted molar refractivity (Wildman–Crippen MR) is 105 cm³/mol. The van der Waals surface area contributed by atoms with Crippen molar-refractivity contribution in [3.63, 3.8) is 0 Å². The fourth-order valence-electron chi connectivity index (χ4n) is 5.00. The number of piperidine rings is 1. The zero-order valence-corrected chi connectivity index (χ0v) is 16.5. The second-order valence-electron chi connectivity index (χ2n) is 8.57. The van der Waals surface area contributed by atoms with Crippen molar-refractivity contribution in [3.8, 4) is 0 Å². The van der Waals surface area contributed by atoms with Gasteiger partial charge in [0.15, 0.2) is 0 Å². The first kappa shape index (κ1) is 18.5. The van der Waals surface area contributed by atoms with Gasteiger partial charge in [-0.2, -0.15) is 0 Å². The van der Waals surface area contributed by atoms with Gasteiger partial charge in [0.25, 0.3) is 5.91 Å². The van der Waals surface area contributed by atoms with Gasteiger partial charge < -0.3 is 15.0 Å². The Balaban J connectivity index is 1.03. The van der Waals surface area contributed by atoms with Crippen molar-refractivity contribution >= 4 is 17.6 Å². The lowest BCUT2D eigenvalue weighted by atomic mass is 9.96. The number of fused-ring (bicyclic) bond motifs is 2. The summed E-state index contributed by atoms with van der Waals surface area (Å²) in [6.07, 6.45) is 10.4. The minimum absolute atomic E-state index is 0.104. The van der Waals surface area contributed by atoms with Gasteiger partial charge in [0.05, 0.1) is 5.56 Å². The van der Waals surface area contributed by atoms with Crippen molar-refractivity contribution in [1.82, 2.24) is 24.6 Å². The van der Waals surface area contributed by atoms with Crippen LogP contribution in [0.5, 0.6) is 0 Å². The van der Waals surface area contributed by atoms with Gasteiger partial charge >= 0.3 is 0 Å². The molecule has 29 heavy (non-hydrogen) atoms. The zero-order valence-electron chi connectivity index (χ0n) is 16.5. The lowest BCUT2D eigenvalue weighted by Gasteiger charge is -2.25. The van der Waals surface area contributed by atoms with Crippen LogP contribution in [0, 0.1) is 23.7 Å². The molecule has 4 heterocycles. The van der Waals surface area contributed by atoms with Crippen molar-refractivity contribution in [2.75, 3.05) is 32.8 Å². The Morgan fingerprint density at radius 1 is 1.17 bits per heavy atom. The molecule has 1 aliphatic carbocycles. The molecule has 2 aromatic heterocycles. The molecule has 3 fully saturated rings. The zero-order chi connectivity index (χ0) is 19.8. The van der Waals surface area contributed by atoms with E-state index in [4.69, 9.17) is 4.74 Å². The van der Waals surface area contributed by atoms with E-state index in [9.17, 15) is 9.59 Å². The van der Waals surface area contributed by atoms with Crippen LogP contribution in [0.1, 0.15) is 36.0 Å². The fraction of sp³-hybridized carbons (Fsp3) is 0.619. The molecule has 1 N–H and O–H groups in total. The number of hydrogen-bond acceptors (Lipinski definition) is 5. The minimum Gasteiger partial charge on any atom is -0.381 e. The third-order valence-electron chi connectivity index (χ3n) is 6.80. The van der Waals surface area contributed by atoms with Crippen LogP contribution in [0.4, 0.5) is 0 Å². The van der Waals surface area contributed by atoms with E-state index >= 15 is 0 Å². The molecule has 2 saturated heterocycles. The molecule has 5 rings (SSSR count). The Morgan fingerprint density at radius 3 is 2.76 bits per heavy atom. The highest BCUT2D eigenvalue weighted by Gasteiger charge is 2.55. The summed E-state index contributed by atoms with van der Waals surface area (Å²) in [5.74, 6) is 3.17. The van der Waals surface area contributed by atoms with Gasteiger partial charge in [0.2, 0.25) is 11.7 Å². The first-order valence-corrected chi connectivity index (χ1v) is 10.6. The summed E-state index contributed by atoms with van der Waals surface area (Å²) in [5, 5.41) is 3.00. The van der Waals surface area contributed by atoms with Crippen LogP contribution in [0.2, 0.25) is 0 Å². The van der Waals surface area contributed by atoms with E-state index in [1.165, 1.54) is 0 Å². The van der Waals surface area contributed by atoms with Gasteiger partial charge in [-0.1, -0.05) is 0 Å². The van der Waals surface area contributed by atoms with E-state index in [0.717, 1.165) is 45.6 Å². The van der Waals surface area contributed by atoms with Crippen LogP contribution < -0.4 is 5.32 Å². The third kappa shape index (κ3) is 3.85. The SMILES string of the molecule is O=C(NCCC1C2CN(C(=O)CC3CCOCC3)CC12)c1cnc2nccn2c1. The Bertz CT molecular complexity index is 895. The summed E-state index contributed by atoms with van der Waals surface area (Å²) in [6.45, 7) is 4.04. The Kier molecular flexibility index (Phi) is 4.95. The van der Waals surface area contributed by atoms with E-state index in [2.05, 4.69) is 20.2 Å². The molecule has 1 saturated carbocycles. The number of nitrogens with zero attached hydrogens (tertiary/aromatic N) is 4. The molecule has 8 nitrogen and oxygen atoms in total. The summed E-state index contributed by atoms with van der Waals surface area (Å²) in [5.41, 5.74) is 0.538. The van der Waals surface area contributed by atoms with Crippen molar-refractivity contribution in [2.24, 2.45) is 23.7 Å². The second-order valence-corrected chi connectivity index (χ2v) is 8.57. The van der Waals surface area contributed by atoms with Gasteiger partial charge in [-0.15, -0.1) is 0 Å². The van der Waals surface area contributed by atoms with Crippen molar-refractivity contribution < 1.29 is 14.3 Å². The van der Waals surface area contributed by atoms with E-state index in [-0.39, 0.29) is 5.91 Å². The summed E-state index contributed by atoms with van der Waals surface area (Å²) < 4.78 is 7.12. The van der Waals surface area contributed by atoms with Crippen LogP contribution in [0.3, 0.4) is 0 Å². The monoisotopic (exact) mass is 397 g/mol. The Morgan fingerprint density at radius 2 is 1.97 bits per heavy atom. The summed E-state index contributed by atoms with van der Waals surface area (Å²) in [4.78, 5) is 35.2. The number of nitrogens with one attached hydrogen (secondary N) is 1. The third-order valence-corrected chi connectivity index (χ3v) is 6.80. The van der Waals surface area contributed by atoms with Gasteiger partial charge in [-0.3, -0.25) is 14.0 Å². The number of ether oxygens (including phenoxy) is 1. The largest absolute Gasteiger partial charge is 0.381 e. The Hall–Kier alpha value is -2.48. The van der Waals surface area contributed by atoms with Gasteiger partial charge in [0, 0.05) is 64.1 Å². The molecular weight excluding hydrogens is 370 g/mol. The van der Waals surface area contributed by atoms with Gasteiger partial charge in [0.1, 0.15) is 0 Å². The topological polar surface area (TPSA) is 88.8 Å². The fourth-order valence-corrected chi connectivity index (χ4v) is 5.00. The van der Waals surface area contributed by atoms with Crippen LogP contribution in [-0.4, -0.2) is 63.9 Å². The molecule has 3 aliphatic rings. The first-order valence-electron chi connectivity index (χ1n) is 10.6. The van der Waals surface area contributed by atoms with Gasteiger partial charge in [-0.25, -0.2) is 9.97 Å². The molecule has 2 aliphatic heterocycles. The minimum atomic E-state index is -0.104. The van der Waals surface area contributed by atoms with Crippen LogP contribution >= 0.6 is 0 Å². The Labute approximate surface area is 169 Å². The maximum Gasteiger partial charge on any atom is 0.254 e. The molecule has 0 aromatic carbocycles. The van der Waals surface area contributed by atoms with E-state index in [0.29, 0.717) is 53.9 Å². The molecule has 2 unspecified atom stereocenters. The van der Waals surface area contributed by atoms with E-state index < -0.39 is 0 Å². The number of amides is 2. The number of carbonyl (C=O) groups excluding carboxylic acids is 2. The van der Waals surface area contributed by atoms with Crippen LogP contribution in [0.25, 0.3) is 5.78 Å². The highest BCUT2D eigenvalue weighted by molar-refractivity contribution is 5.93. The summed E-state index contributed by atoms with van der Waals surface area (Å²) in [6, 6.07) is 0. The molecule has 2 atom stereocenters. The summed E-state index contributed by atoms with van der Waals surface area (Å²) in [7, 11) is 0. The molecule has 0 bridgehead atoms. The van der Waals surface area contributed by atoms with Gasteiger partial charge in [-0.05, 0) is 42.9 Å². The average molecular weight is 397 g/mol. The number of aromatic nitrogens is 3. The molecule has 2 aromatic rings. The van der Waals surface area contributed by atoms with E-state index in [1.807, 2.05) is 0 Å². The maximum absolute atomic E-state index is 12.5. The van der Waals surface area contributed by atoms with Crippen LogP contribution in [0.15, 0.2) is 24.8 Å². The number of carbonyl (C=O) groups is 2. The molecular formula is C21H27N5O3. The lowest BCUT2D eigenvalue weighted by Crippen LogP contribution is -2.34. The molecule has 0 radical (unpaired) electrons. The summed E-state index contributed by atoms with van der Waals surface area (Å²) >= 11 is 0. The first-order chi connectivity index (χ1) is 14.2. The highest BCUT2D eigenvalue weighted by atomic mass is 16.5. The quantitative estimate of drug-likeness (QED) is 0.795. The second kappa shape index (κ2) is 7.74. The standard InChI is InChI=1S/C21H27N5O3/c27-19(9-14-2-7-29-8-3-14)26-12-17-16(18(17)13-26)1-4-22-20(28)15-10-24-21-23-5-6-25(21)11-15/h5-6,10-11,14,16-18H,1-4,7-9,12-13H2,(H,22,28). The van der Waals surface area contributed by atoms with Crippen molar-refractivity contribution in [2.45, 2.75) is 25.7 Å². The molecule has 154 valence electrons. The molecule has 2 amide bonds. The maximum atomic E-state index is 12.5. The number of imidazole rings is 1. The number of likely N-dealkylation sites (tertiary alicyclic amines) is 1. The van der Waals surface area contributed by atoms with Crippen molar-refractivity contribution in [1.29, 1.82) is 0 Å². The number of hydrogen-bond donors (Lipinski definition) is 1. The highest BCUT2D eigenvalue weighted by Crippen LogP contribution is 2.53.